The third-order valence-corrected chi connectivity index (χ3v) is 7.62. The van der Waals surface area contributed by atoms with Gasteiger partial charge in [0.05, 0.1) is 6.61 Å². The highest BCUT2D eigenvalue weighted by atomic mass is 16.3. The predicted octanol–water partition coefficient (Wildman–Crippen LogP) is 9.72. The lowest BCUT2D eigenvalue weighted by atomic mass is 9.73. The van der Waals surface area contributed by atoms with E-state index >= 15 is 0 Å². The van der Waals surface area contributed by atoms with E-state index in [1.54, 1.807) is 0 Å². The van der Waals surface area contributed by atoms with Crippen molar-refractivity contribution in [3.05, 3.63) is 28.8 Å². The number of phenols is 1. The number of hydrogen-bond acceptors (Lipinski definition) is 2. The molecule has 0 amide bonds. The molecule has 0 aliphatic heterocycles. The lowest BCUT2D eigenvalue weighted by molar-refractivity contribution is 0.280. The summed E-state index contributed by atoms with van der Waals surface area (Å²) < 4.78 is 0. The Labute approximate surface area is 206 Å². The molecule has 0 spiro atoms. The van der Waals surface area contributed by atoms with Gasteiger partial charge in [0.1, 0.15) is 5.75 Å². The number of hydrogen-bond donors (Lipinski definition) is 2. The molecular formula is C31H56O2. The van der Waals surface area contributed by atoms with E-state index in [-0.39, 0.29) is 17.4 Å². The van der Waals surface area contributed by atoms with E-state index in [0.29, 0.717) is 5.75 Å². The topological polar surface area (TPSA) is 40.5 Å². The Hall–Kier alpha value is -1.02. The van der Waals surface area contributed by atoms with Gasteiger partial charge in [-0.1, -0.05) is 131 Å². The van der Waals surface area contributed by atoms with Crippen LogP contribution in [0.1, 0.15) is 161 Å². The van der Waals surface area contributed by atoms with E-state index in [4.69, 9.17) is 0 Å². The SMILES string of the molecule is CCCCCCCCCC(C)(C)c1cc(CO)cc(C(C)(C)CCCCCCCCC)c1O. The minimum Gasteiger partial charge on any atom is -0.507 e. The first-order chi connectivity index (χ1) is 15.7. The Kier molecular flexibility index (Phi) is 14.4. The zero-order valence-electron chi connectivity index (χ0n) is 23.1. The largest absolute Gasteiger partial charge is 0.507 e. The molecule has 1 rings (SSSR count). The maximum atomic E-state index is 11.4. The summed E-state index contributed by atoms with van der Waals surface area (Å²) in [6.45, 7) is 13.6. The van der Waals surface area contributed by atoms with Gasteiger partial charge in [0.15, 0.2) is 0 Å². The summed E-state index contributed by atoms with van der Waals surface area (Å²) >= 11 is 0. The zero-order valence-corrected chi connectivity index (χ0v) is 23.1. The highest BCUT2D eigenvalue weighted by Gasteiger charge is 2.31. The number of rotatable bonds is 19. The second kappa shape index (κ2) is 15.8. The van der Waals surface area contributed by atoms with Crippen LogP contribution in [0.3, 0.4) is 0 Å². The minimum atomic E-state index is -0.0945. The molecule has 1 aromatic carbocycles. The van der Waals surface area contributed by atoms with E-state index in [0.717, 1.165) is 29.5 Å². The van der Waals surface area contributed by atoms with Gasteiger partial charge in [-0.25, -0.2) is 0 Å². The van der Waals surface area contributed by atoms with Crippen molar-refractivity contribution in [2.45, 2.75) is 162 Å². The van der Waals surface area contributed by atoms with Gasteiger partial charge in [0.25, 0.3) is 0 Å². The molecule has 0 aliphatic carbocycles. The fourth-order valence-electron chi connectivity index (χ4n) is 5.13. The first kappa shape index (κ1) is 30.0. The van der Waals surface area contributed by atoms with Crippen molar-refractivity contribution in [1.29, 1.82) is 0 Å². The maximum Gasteiger partial charge on any atom is 0.123 e. The summed E-state index contributed by atoms with van der Waals surface area (Å²) in [4.78, 5) is 0. The highest BCUT2D eigenvalue weighted by Crippen LogP contribution is 2.43. The van der Waals surface area contributed by atoms with Gasteiger partial charge in [0.2, 0.25) is 0 Å². The quantitative estimate of drug-likeness (QED) is 0.202. The van der Waals surface area contributed by atoms with Gasteiger partial charge in [-0.2, -0.15) is 0 Å². The second-order valence-corrected chi connectivity index (χ2v) is 11.7. The Morgan fingerprint density at radius 1 is 0.576 bits per heavy atom. The summed E-state index contributed by atoms with van der Waals surface area (Å²) in [6, 6.07) is 4.09. The maximum absolute atomic E-state index is 11.4. The Morgan fingerprint density at radius 2 is 0.909 bits per heavy atom. The molecule has 0 atom stereocenters. The zero-order chi connectivity index (χ0) is 24.7. The standard InChI is InChI=1S/C31H56O2/c1-7-9-11-13-15-17-19-21-30(3,4)27-23-26(25-32)24-28(29(27)33)31(5,6)22-20-18-16-14-12-10-8-2/h23-24,32-33H,7-22,25H2,1-6H3. The lowest BCUT2D eigenvalue weighted by Crippen LogP contribution is -2.22. The molecule has 2 nitrogen and oxygen atoms in total. The van der Waals surface area contributed by atoms with Crippen molar-refractivity contribution >= 4 is 0 Å². The van der Waals surface area contributed by atoms with E-state index in [1.807, 2.05) is 12.1 Å². The summed E-state index contributed by atoms with van der Waals surface area (Å²) in [5.74, 6) is 0.466. The van der Waals surface area contributed by atoms with Crippen LogP contribution in [0.25, 0.3) is 0 Å². The van der Waals surface area contributed by atoms with Gasteiger partial charge >= 0.3 is 0 Å². The van der Waals surface area contributed by atoms with E-state index in [9.17, 15) is 10.2 Å². The number of aliphatic hydroxyl groups excluding tert-OH is 1. The van der Waals surface area contributed by atoms with Crippen molar-refractivity contribution in [2.75, 3.05) is 0 Å². The van der Waals surface area contributed by atoms with Crippen LogP contribution in [0.5, 0.6) is 5.75 Å². The van der Waals surface area contributed by atoms with Crippen LogP contribution in [-0.4, -0.2) is 10.2 Å². The Morgan fingerprint density at radius 3 is 1.24 bits per heavy atom. The molecule has 1 aromatic rings. The monoisotopic (exact) mass is 460 g/mol. The van der Waals surface area contributed by atoms with Crippen LogP contribution in [0.4, 0.5) is 0 Å². The van der Waals surface area contributed by atoms with Crippen LogP contribution in [0.15, 0.2) is 12.1 Å². The van der Waals surface area contributed by atoms with Gasteiger partial charge in [0, 0.05) is 11.1 Å². The molecule has 0 radical (unpaired) electrons. The number of aliphatic hydroxyl groups is 1. The third kappa shape index (κ3) is 10.8. The third-order valence-electron chi connectivity index (χ3n) is 7.62. The van der Waals surface area contributed by atoms with Crippen molar-refractivity contribution in [1.82, 2.24) is 0 Å². The van der Waals surface area contributed by atoms with E-state index in [2.05, 4.69) is 41.5 Å². The normalized spacial score (nSPS) is 12.5. The number of unbranched alkanes of at least 4 members (excludes halogenated alkanes) is 12. The molecule has 0 unspecified atom stereocenters. The average molecular weight is 461 g/mol. The van der Waals surface area contributed by atoms with Crippen LogP contribution in [0, 0.1) is 0 Å². The number of benzene rings is 1. The van der Waals surface area contributed by atoms with Gasteiger partial charge in [-0.15, -0.1) is 0 Å². The molecule has 0 saturated carbocycles. The highest BCUT2D eigenvalue weighted by molar-refractivity contribution is 5.50. The van der Waals surface area contributed by atoms with Gasteiger partial charge in [-0.3, -0.25) is 0 Å². The smallest absolute Gasteiger partial charge is 0.123 e. The summed E-state index contributed by atoms with van der Waals surface area (Å²) in [6.07, 6.45) is 20.4. The second-order valence-electron chi connectivity index (χ2n) is 11.7. The minimum absolute atomic E-state index is 0.0291. The summed E-state index contributed by atoms with van der Waals surface area (Å²) in [5, 5.41) is 21.4. The number of aromatic hydroxyl groups is 1. The lowest BCUT2D eigenvalue weighted by Gasteiger charge is -2.32. The van der Waals surface area contributed by atoms with Crippen LogP contribution < -0.4 is 0 Å². The van der Waals surface area contributed by atoms with Crippen LogP contribution in [0.2, 0.25) is 0 Å². The molecular weight excluding hydrogens is 404 g/mol. The summed E-state index contributed by atoms with van der Waals surface area (Å²) in [5.41, 5.74) is 2.77. The summed E-state index contributed by atoms with van der Waals surface area (Å²) in [7, 11) is 0. The van der Waals surface area contributed by atoms with E-state index < -0.39 is 0 Å². The number of phenolic OH excluding ortho intramolecular Hbond substituents is 1. The predicted molar refractivity (Wildman–Crippen MR) is 145 cm³/mol. The van der Waals surface area contributed by atoms with E-state index in [1.165, 1.54) is 89.9 Å². The van der Waals surface area contributed by atoms with Crippen molar-refractivity contribution < 1.29 is 10.2 Å². The molecule has 0 heterocycles. The van der Waals surface area contributed by atoms with Crippen LogP contribution >= 0.6 is 0 Å². The molecule has 33 heavy (non-hydrogen) atoms. The first-order valence-corrected chi connectivity index (χ1v) is 14.2. The molecule has 0 saturated heterocycles. The van der Waals surface area contributed by atoms with Gasteiger partial charge < -0.3 is 10.2 Å². The fourth-order valence-corrected chi connectivity index (χ4v) is 5.13. The van der Waals surface area contributed by atoms with Crippen molar-refractivity contribution in [3.8, 4) is 5.75 Å². The Balaban J connectivity index is 2.80. The Bertz CT molecular complexity index is 593. The molecule has 2 N–H and O–H groups in total. The molecule has 0 aromatic heterocycles. The molecule has 2 heteroatoms. The first-order valence-electron chi connectivity index (χ1n) is 14.2. The molecule has 0 fully saturated rings. The molecule has 0 bridgehead atoms. The molecule has 192 valence electrons. The van der Waals surface area contributed by atoms with Gasteiger partial charge in [-0.05, 0) is 41.4 Å². The fraction of sp³-hybridized carbons (Fsp3) is 0.806. The molecule has 0 aliphatic rings. The van der Waals surface area contributed by atoms with Crippen molar-refractivity contribution in [3.63, 3.8) is 0 Å². The van der Waals surface area contributed by atoms with Crippen LogP contribution in [-0.2, 0) is 17.4 Å². The van der Waals surface area contributed by atoms with Crippen molar-refractivity contribution in [2.24, 2.45) is 0 Å². The average Bonchev–Trinajstić information content (AvgIpc) is 2.77.